The van der Waals surface area contributed by atoms with Gasteiger partial charge in [0, 0.05) is 22.6 Å². The molecule has 1 aromatic carbocycles. The summed E-state index contributed by atoms with van der Waals surface area (Å²) in [6.45, 7) is 11.5. The first-order valence-corrected chi connectivity index (χ1v) is 19.2. The number of unbranched alkanes of at least 4 members (excludes halogenated alkanes) is 18. The quantitative estimate of drug-likeness (QED) is 0.110. The highest BCUT2D eigenvalue weighted by Crippen LogP contribution is 2.35. The monoisotopic (exact) mass is 578 g/mol. The summed E-state index contributed by atoms with van der Waals surface area (Å²) in [4.78, 5) is 0. The average molecular weight is 579 g/mol. The summed E-state index contributed by atoms with van der Waals surface area (Å²) in [5.41, 5.74) is 3.77. The summed E-state index contributed by atoms with van der Waals surface area (Å²) >= 11 is 4.01. The van der Waals surface area contributed by atoms with E-state index in [1.54, 1.807) is 0 Å². The lowest BCUT2D eigenvalue weighted by Gasteiger charge is -2.22. The Hall–Kier alpha value is -0.280. The zero-order chi connectivity index (χ0) is 28.6. The van der Waals surface area contributed by atoms with Gasteiger partial charge in [0.25, 0.3) is 0 Å². The van der Waals surface area contributed by atoms with Crippen molar-refractivity contribution in [3.8, 4) is 5.75 Å². The largest absolute Gasteiger partial charge is 0.507 e. The molecule has 0 amide bonds. The second-order valence-electron chi connectivity index (χ2n) is 12.9. The number of thioether (sulfide) groups is 2. The number of rotatable bonds is 26. The van der Waals surface area contributed by atoms with Crippen LogP contribution in [0, 0.1) is 0 Å². The molecule has 0 bridgehead atoms. The van der Waals surface area contributed by atoms with Gasteiger partial charge in [-0.05, 0) is 35.3 Å². The lowest BCUT2D eigenvalue weighted by molar-refractivity contribution is 0.464. The van der Waals surface area contributed by atoms with Crippen molar-refractivity contribution < 1.29 is 5.11 Å². The number of benzene rings is 1. The standard InChI is InChI=1S/C36H66OS2/c1-6-8-10-12-14-16-18-20-22-24-26-38-30-32-28-34(36(3,4)5)29-33(35(32)37)31-39-27-25-23-21-19-17-15-13-11-9-7-2/h28-29,37H,6-27,30-31H2,1-5H3. The molecule has 0 aromatic heterocycles. The van der Waals surface area contributed by atoms with Crippen molar-refractivity contribution in [1.29, 1.82) is 0 Å². The third kappa shape index (κ3) is 19.5. The van der Waals surface area contributed by atoms with Crippen LogP contribution in [0.1, 0.15) is 180 Å². The van der Waals surface area contributed by atoms with Crippen molar-refractivity contribution in [2.75, 3.05) is 11.5 Å². The van der Waals surface area contributed by atoms with E-state index in [2.05, 4.69) is 46.8 Å². The molecular weight excluding hydrogens is 513 g/mol. The lowest BCUT2D eigenvalue weighted by atomic mass is 9.85. The predicted molar refractivity (Wildman–Crippen MR) is 183 cm³/mol. The summed E-state index contributed by atoms with van der Waals surface area (Å²) < 4.78 is 0. The molecule has 0 aliphatic heterocycles. The maximum Gasteiger partial charge on any atom is 0.123 e. The fourth-order valence-electron chi connectivity index (χ4n) is 5.16. The van der Waals surface area contributed by atoms with Crippen LogP contribution in [0.2, 0.25) is 0 Å². The van der Waals surface area contributed by atoms with E-state index < -0.39 is 0 Å². The molecule has 39 heavy (non-hydrogen) atoms. The van der Waals surface area contributed by atoms with Gasteiger partial charge in [0.05, 0.1) is 0 Å². The van der Waals surface area contributed by atoms with Gasteiger partial charge in [-0.15, -0.1) is 0 Å². The third-order valence-electron chi connectivity index (χ3n) is 7.93. The van der Waals surface area contributed by atoms with Gasteiger partial charge in [-0.2, -0.15) is 23.5 Å². The summed E-state index contributed by atoms with van der Waals surface area (Å²) in [5, 5.41) is 11.1. The van der Waals surface area contributed by atoms with E-state index in [1.807, 2.05) is 23.5 Å². The maximum absolute atomic E-state index is 11.1. The van der Waals surface area contributed by atoms with Gasteiger partial charge in [-0.1, -0.05) is 162 Å². The zero-order valence-corrected chi connectivity index (χ0v) is 28.5. The number of hydrogen-bond donors (Lipinski definition) is 1. The highest BCUT2D eigenvalue weighted by atomic mass is 32.2. The normalized spacial score (nSPS) is 11.9. The van der Waals surface area contributed by atoms with Crippen molar-refractivity contribution in [2.45, 2.75) is 180 Å². The second kappa shape index (κ2) is 24.3. The first-order chi connectivity index (χ1) is 18.9. The molecule has 0 heterocycles. The average Bonchev–Trinajstić information content (AvgIpc) is 2.90. The lowest BCUT2D eigenvalue weighted by Crippen LogP contribution is -2.12. The minimum Gasteiger partial charge on any atom is -0.507 e. The molecule has 0 saturated heterocycles. The topological polar surface area (TPSA) is 20.2 Å². The van der Waals surface area contributed by atoms with Crippen LogP contribution in [0.3, 0.4) is 0 Å². The van der Waals surface area contributed by atoms with Crippen molar-refractivity contribution in [1.82, 2.24) is 0 Å². The Balaban J connectivity index is 2.30. The van der Waals surface area contributed by atoms with Crippen molar-refractivity contribution >= 4 is 23.5 Å². The number of aromatic hydroxyl groups is 1. The van der Waals surface area contributed by atoms with Crippen molar-refractivity contribution in [3.63, 3.8) is 0 Å². The van der Waals surface area contributed by atoms with Crippen LogP contribution in [-0.2, 0) is 16.9 Å². The summed E-state index contributed by atoms with van der Waals surface area (Å²) in [6.07, 6.45) is 27.8. The molecule has 1 aromatic rings. The Labute approximate surface area is 253 Å². The highest BCUT2D eigenvalue weighted by molar-refractivity contribution is 7.98. The Morgan fingerprint density at radius 3 is 1.13 bits per heavy atom. The van der Waals surface area contributed by atoms with Crippen molar-refractivity contribution in [2.24, 2.45) is 0 Å². The van der Waals surface area contributed by atoms with Gasteiger partial charge in [0.2, 0.25) is 0 Å². The Morgan fingerprint density at radius 2 is 0.821 bits per heavy atom. The van der Waals surface area contributed by atoms with Crippen LogP contribution in [0.5, 0.6) is 5.75 Å². The molecule has 0 radical (unpaired) electrons. The number of phenols is 1. The first-order valence-electron chi connectivity index (χ1n) is 16.9. The maximum atomic E-state index is 11.1. The molecule has 0 aliphatic carbocycles. The van der Waals surface area contributed by atoms with E-state index in [9.17, 15) is 5.11 Å². The van der Waals surface area contributed by atoms with Crippen LogP contribution >= 0.6 is 23.5 Å². The van der Waals surface area contributed by atoms with E-state index in [4.69, 9.17) is 0 Å². The summed E-state index contributed by atoms with van der Waals surface area (Å²) in [5.74, 6) is 4.85. The minimum atomic E-state index is 0.111. The molecule has 1 nitrogen and oxygen atoms in total. The molecule has 0 atom stereocenters. The molecule has 0 aliphatic rings. The second-order valence-corrected chi connectivity index (χ2v) is 15.1. The Kier molecular flexibility index (Phi) is 22.9. The van der Waals surface area contributed by atoms with E-state index in [0.717, 1.165) is 22.6 Å². The van der Waals surface area contributed by atoms with E-state index >= 15 is 0 Å². The number of hydrogen-bond acceptors (Lipinski definition) is 3. The molecule has 228 valence electrons. The smallest absolute Gasteiger partial charge is 0.123 e. The SMILES string of the molecule is CCCCCCCCCCCCSCc1cc(C(C)(C)C)cc(CSCCCCCCCCCCCC)c1O. The highest BCUT2D eigenvalue weighted by Gasteiger charge is 2.18. The molecule has 3 heteroatoms. The van der Waals surface area contributed by atoms with Gasteiger partial charge < -0.3 is 5.11 Å². The van der Waals surface area contributed by atoms with E-state index in [-0.39, 0.29) is 5.41 Å². The molecule has 1 N–H and O–H groups in total. The Morgan fingerprint density at radius 1 is 0.513 bits per heavy atom. The molecule has 1 rings (SSSR count). The van der Waals surface area contributed by atoms with Crippen LogP contribution < -0.4 is 0 Å². The summed E-state index contributed by atoms with van der Waals surface area (Å²) in [7, 11) is 0. The van der Waals surface area contributed by atoms with Gasteiger partial charge in [0.15, 0.2) is 0 Å². The molecule has 0 spiro atoms. The van der Waals surface area contributed by atoms with Gasteiger partial charge in [0.1, 0.15) is 5.75 Å². The fraction of sp³-hybridized carbons (Fsp3) is 0.833. The Bertz CT molecular complexity index is 645. The summed E-state index contributed by atoms with van der Waals surface area (Å²) in [6, 6.07) is 4.55. The van der Waals surface area contributed by atoms with Crippen LogP contribution in [-0.4, -0.2) is 16.6 Å². The van der Waals surface area contributed by atoms with E-state index in [0.29, 0.717) is 5.75 Å². The van der Waals surface area contributed by atoms with E-state index in [1.165, 1.54) is 145 Å². The van der Waals surface area contributed by atoms with Crippen LogP contribution in [0.25, 0.3) is 0 Å². The van der Waals surface area contributed by atoms with Crippen LogP contribution in [0.4, 0.5) is 0 Å². The zero-order valence-electron chi connectivity index (χ0n) is 26.9. The minimum absolute atomic E-state index is 0.111. The fourth-order valence-corrected chi connectivity index (χ4v) is 7.15. The molecular formula is C36H66OS2. The van der Waals surface area contributed by atoms with Crippen molar-refractivity contribution in [3.05, 3.63) is 28.8 Å². The van der Waals surface area contributed by atoms with Gasteiger partial charge in [-0.3, -0.25) is 0 Å². The third-order valence-corrected chi connectivity index (χ3v) is 10.1. The first kappa shape index (κ1) is 36.7. The van der Waals surface area contributed by atoms with Gasteiger partial charge in [-0.25, -0.2) is 0 Å². The molecule has 0 saturated carbocycles. The van der Waals surface area contributed by atoms with Gasteiger partial charge >= 0.3 is 0 Å². The molecule has 0 fully saturated rings. The number of phenolic OH excluding ortho intramolecular Hbond substituents is 1. The molecule has 0 unspecified atom stereocenters. The predicted octanol–water partition coefficient (Wildman–Crippen LogP) is 13.0. The van der Waals surface area contributed by atoms with Crippen LogP contribution in [0.15, 0.2) is 12.1 Å².